The molecule has 0 rings (SSSR count). The van der Waals surface area contributed by atoms with Crippen LogP contribution in [0.15, 0.2) is 11.8 Å². The van der Waals surface area contributed by atoms with Gasteiger partial charge in [-0.05, 0) is 31.6 Å². The van der Waals surface area contributed by atoms with E-state index in [4.69, 9.17) is 5.11 Å². The number of aliphatic carboxylic acids is 1. The van der Waals surface area contributed by atoms with Gasteiger partial charge in [-0.15, -0.1) is 0 Å². The molecular weight excluding hydrogens is 270 g/mol. The number of carbonyl (C=O) groups is 2. The molecule has 0 bridgehead atoms. The second-order valence-corrected chi connectivity index (χ2v) is 6.28. The first-order valence-corrected chi connectivity index (χ1v) is 7.36. The summed E-state index contributed by atoms with van der Waals surface area (Å²) in [5, 5.41) is 10.5. The van der Waals surface area contributed by atoms with Crippen molar-refractivity contribution in [3.8, 4) is 0 Å². The Labute approximate surface area is 128 Å². The zero-order chi connectivity index (χ0) is 17.1. The summed E-state index contributed by atoms with van der Waals surface area (Å²) < 4.78 is 4.48. The Morgan fingerprint density at radius 2 is 1.81 bits per heavy atom. The van der Waals surface area contributed by atoms with E-state index in [1.807, 2.05) is 0 Å². The molecule has 0 aliphatic rings. The highest BCUT2D eigenvalue weighted by molar-refractivity contribution is 5.86. The first kappa shape index (κ1) is 21.8. The van der Waals surface area contributed by atoms with Gasteiger partial charge in [0.25, 0.3) is 0 Å². The first-order valence-electron chi connectivity index (χ1n) is 7.36. The van der Waals surface area contributed by atoms with Crippen LogP contribution in [-0.2, 0) is 9.53 Å². The summed E-state index contributed by atoms with van der Waals surface area (Å²) in [6, 6.07) is 0. The predicted molar refractivity (Wildman–Crippen MR) is 85.1 cm³/mol. The fourth-order valence-corrected chi connectivity index (χ4v) is 1.59. The molecule has 0 heterocycles. The lowest BCUT2D eigenvalue weighted by molar-refractivity contribution is -0.132. The van der Waals surface area contributed by atoms with Crippen molar-refractivity contribution in [3.63, 3.8) is 0 Å². The molecule has 0 fully saturated rings. The van der Waals surface area contributed by atoms with Gasteiger partial charge in [-0.2, -0.15) is 0 Å². The lowest BCUT2D eigenvalue weighted by Crippen LogP contribution is -2.19. The van der Waals surface area contributed by atoms with Crippen molar-refractivity contribution in [3.05, 3.63) is 11.8 Å². The quantitative estimate of drug-likeness (QED) is 0.747. The second-order valence-electron chi connectivity index (χ2n) is 6.28. The molecule has 124 valence electrons. The third kappa shape index (κ3) is 16.4. The Morgan fingerprint density at radius 1 is 1.29 bits per heavy atom. The zero-order valence-corrected chi connectivity index (χ0v) is 14.4. The summed E-state index contributed by atoms with van der Waals surface area (Å²) in [5.74, 6) is -0.184. The van der Waals surface area contributed by atoms with Crippen LogP contribution in [0.3, 0.4) is 0 Å². The smallest absolute Gasteiger partial charge is 0.411 e. The monoisotopic (exact) mass is 301 g/mol. The number of hydrogen-bond acceptors (Lipinski definition) is 3. The van der Waals surface area contributed by atoms with Crippen LogP contribution in [0.4, 0.5) is 4.79 Å². The number of ether oxygens (including phenoxy) is 1. The van der Waals surface area contributed by atoms with Gasteiger partial charge in [-0.1, -0.05) is 41.0 Å². The van der Waals surface area contributed by atoms with Crippen LogP contribution in [0, 0.1) is 11.3 Å². The van der Waals surface area contributed by atoms with Gasteiger partial charge in [-0.25, -0.2) is 9.59 Å². The van der Waals surface area contributed by atoms with Gasteiger partial charge in [0.05, 0.1) is 12.2 Å². The molecule has 0 aromatic rings. The van der Waals surface area contributed by atoms with Crippen molar-refractivity contribution in [2.45, 2.75) is 61.3 Å². The molecule has 0 aliphatic carbocycles. The highest BCUT2D eigenvalue weighted by Crippen LogP contribution is 2.25. The topological polar surface area (TPSA) is 75.6 Å². The van der Waals surface area contributed by atoms with Crippen LogP contribution in [0.25, 0.3) is 0 Å². The zero-order valence-electron chi connectivity index (χ0n) is 14.4. The summed E-state index contributed by atoms with van der Waals surface area (Å²) in [7, 11) is 0. The largest absolute Gasteiger partial charge is 0.478 e. The molecule has 0 radical (unpaired) electrons. The van der Waals surface area contributed by atoms with Crippen LogP contribution in [-0.4, -0.2) is 23.8 Å². The maximum atomic E-state index is 10.6. The van der Waals surface area contributed by atoms with Gasteiger partial charge in [0, 0.05) is 6.20 Å². The average Bonchev–Trinajstić information content (AvgIpc) is 2.34. The van der Waals surface area contributed by atoms with E-state index < -0.39 is 12.1 Å². The van der Waals surface area contributed by atoms with Crippen LogP contribution in [0.5, 0.6) is 0 Å². The fourth-order valence-electron chi connectivity index (χ4n) is 1.59. The number of carboxylic acid groups (broad SMARTS) is 1. The minimum atomic E-state index is -1.08. The Morgan fingerprint density at radius 3 is 2.10 bits per heavy atom. The normalized spacial score (nSPS) is 12.8. The van der Waals surface area contributed by atoms with Gasteiger partial charge >= 0.3 is 12.1 Å². The van der Waals surface area contributed by atoms with Crippen molar-refractivity contribution < 1.29 is 19.4 Å². The SMILES string of the molecule is CCC(C)CC(C)(C)C.CCOC(=O)NC=C(C)C(=O)O. The predicted octanol–water partition coefficient (Wildman–Crippen LogP) is 4.19. The molecule has 0 spiro atoms. The Balaban J connectivity index is 0. The Bertz CT molecular complexity index is 343. The molecule has 1 amide bonds. The average molecular weight is 301 g/mol. The number of carboxylic acids is 1. The first-order chi connectivity index (χ1) is 9.53. The van der Waals surface area contributed by atoms with Crippen molar-refractivity contribution in [2.75, 3.05) is 6.61 Å². The van der Waals surface area contributed by atoms with E-state index in [2.05, 4.69) is 44.7 Å². The summed E-state index contributed by atoms with van der Waals surface area (Å²) in [4.78, 5) is 20.8. The minimum Gasteiger partial charge on any atom is -0.478 e. The molecule has 0 aromatic heterocycles. The van der Waals surface area contributed by atoms with Gasteiger partial charge < -0.3 is 9.84 Å². The molecule has 5 nitrogen and oxygen atoms in total. The van der Waals surface area contributed by atoms with E-state index in [-0.39, 0.29) is 12.2 Å². The number of nitrogens with one attached hydrogen (secondary N) is 1. The highest BCUT2D eigenvalue weighted by atomic mass is 16.5. The molecule has 2 N–H and O–H groups in total. The van der Waals surface area contributed by atoms with Gasteiger partial charge in [0.2, 0.25) is 0 Å². The van der Waals surface area contributed by atoms with Crippen LogP contribution < -0.4 is 5.32 Å². The third-order valence-corrected chi connectivity index (χ3v) is 2.68. The molecule has 1 atom stereocenters. The molecule has 1 unspecified atom stereocenters. The summed E-state index contributed by atoms with van der Waals surface area (Å²) in [6.07, 6.45) is 3.10. The van der Waals surface area contributed by atoms with Crippen molar-refractivity contribution >= 4 is 12.1 Å². The molecular formula is C16H31NO4. The second kappa shape index (κ2) is 11.2. The van der Waals surface area contributed by atoms with E-state index in [0.29, 0.717) is 5.41 Å². The number of rotatable bonds is 5. The van der Waals surface area contributed by atoms with Crippen molar-refractivity contribution in [1.29, 1.82) is 0 Å². The molecule has 0 saturated heterocycles. The Hall–Kier alpha value is -1.52. The number of hydrogen-bond donors (Lipinski definition) is 2. The minimum absolute atomic E-state index is 0.0445. The summed E-state index contributed by atoms with van der Waals surface area (Å²) in [5.41, 5.74) is 0.568. The number of alkyl carbamates (subject to hydrolysis) is 1. The molecule has 5 heteroatoms. The lowest BCUT2D eigenvalue weighted by Gasteiger charge is -2.21. The number of carbonyl (C=O) groups excluding carboxylic acids is 1. The molecule has 0 aromatic carbocycles. The summed E-state index contributed by atoms with van der Waals surface area (Å²) in [6.45, 7) is 14.8. The van der Waals surface area contributed by atoms with Gasteiger partial charge in [-0.3, -0.25) is 5.32 Å². The van der Waals surface area contributed by atoms with Crippen molar-refractivity contribution in [1.82, 2.24) is 5.32 Å². The van der Waals surface area contributed by atoms with E-state index >= 15 is 0 Å². The molecule has 21 heavy (non-hydrogen) atoms. The molecule has 0 saturated carbocycles. The Kier molecular flexibility index (Phi) is 11.6. The lowest BCUT2D eigenvalue weighted by atomic mass is 9.84. The standard InChI is InChI=1S/C9H20.C7H11NO4/c1-6-8(2)7-9(3,4)5;1-3-12-7(11)8-4-5(2)6(9)10/h8H,6-7H2,1-5H3;4H,3H2,1-2H3,(H,8,11)(H,9,10). The summed E-state index contributed by atoms with van der Waals surface area (Å²) >= 11 is 0. The van der Waals surface area contributed by atoms with E-state index in [1.54, 1.807) is 6.92 Å². The van der Waals surface area contributed by atoms with Crippen molar-refractivity contribution in [2.24, 2.45) is 11.3 Å². The fraction of sp³-hybridized carbons (Fsp3) is 0.750. The van der Waals surface area contributed by atoms with Gasteiger partial charge in [0.15, 0.2) is 0 Å². The van der Waals surface area contributed by atoms with E-state index in [9.17, 15) is 9.59 Å². The van der Waals surface area contributed by atoms with Crippen LogP contribution in [0.2, 0.25) is 0 Å². The third-order valence-electron chi connectivity index (χ3n) is 2.68. The molecule has 0 aliphatic heterocycles. The van der Waals surface area contributed by atoms with E-state index in [1.165, 1.54) is 19.8 Å². The highest BCUT2D eigenvalue weighted by Gasteiger charge is 2.13. The number of amides is 1. The van der Waals surface area contributed by atoms with E-state index in [0.717, 1.165) is 12.1 Å². The van der Waals surface area contributed by atoms with Gasteiger partial charge in [0.1, 0.15) is 0 Å². The maximum absolute atomic E-state index is 10.6. The van der Waals surface area contributed by atoms with Crippen LogP contribution in [0.1, 0.15) is 61.3 Å². The maximum Gasteiger partial charge on any atom is 0.411 e. The van der Waals surface area contributed by atoms with Crippen LogP contribution >= 0.6 is 0 Å².